The molecule has 96 valence electrons. The van der Waals surface area contributed by atoms with Crippen LogP contribution in [-0.2, 0) is 17.1 Å². The van der Waals surface area contributed by atoms with Crippen molar-refractivity contribution in [3.05, 3.63) is 36.5 Å². The molecule has 1 aromatic carbocycles. The van der Waals surface area contributed by atoms with Crippen molar-refractivity contribution in [3.63, 3.8) is 0 Å². The molecule has 0 saturated carbocycles. The third kappa shape index (κ3) is 2.62. The molecule has 0 radical (unpaired) electrons. The molecule has 2 N–H and O–H groups in total. The van der Waals surface area contributed by atoms with Crippen molar-refractivity contribution in [1.29, 1.82) is 0 Å². The summed E-state index contributed by atoms with van der Waals surface area (Å²) in [5.41, 5.74) is 0.854. The number of sulfonamides is 1. The van der Waals surface area contributed by atoms with Crippen LogP contribution in [0.15, 0.2) is 41.4 Å². The highest BCUT2D eigenvalue weighted by molar-refractivity contribution is 7.92. The van der Waals surface area contributed by atoms with Crippen molar-refractivity contribution in [2.45, 2.75) is 4.90 Å². The molecule has 1 aromatic heterocycles. The Balaban J connectivity index is 2.24. The number of rotatable bonds is 4. The Morgan fingerprint density at radius 2 is 1.83 bits per heavy atom. The number of nitrogens with zero attached hydrogens (tertiary/aromatic N) is 2. The zero-order valence-electron chi connectivity index (χ0n) is 10.1. The van der Waals surface area contributed by atoms with E-state index in [2.05, 4.69) is 15.1 Å². The van der Waals surface area contributed by atoms with Gasteiger partial charge >= 0.3 is 0 Å². The lowest BCUT2D eigenvalue weighted by Crippen LogP contribution is -2.13. The second kappa shape index (κ2) is 4.69. The molecular weight excluding hydrogens is 252 g/mol. The predicted molar refractivity (Wildman–Crippen MR) is 70.0 cm³/mol. The average Bonchev–Trinajstić information content (AvgIpc) is 2.74. The average molecular weight is 266 g/mol. The Kier molecular flexibility index (Phi) is 3.24. The maximum Gasteiger partial charge on any atom is 0.263 e. The Labute approximate surface area is 106 Å². The number of hydrogen-bond donors (Lipinski definition) is 2. The molecule has 0 unspecified atom stereocenters. The van der Waals surface area contributed by atoms with Crippen LogP contribution in [0.5, 0.6) is 0 Å². The molecule has 0 saturated heterocycles. The van der Waals surface area contributed by atoms with Crippen molar-refractivity contribution in [2.24, 2.45) is 7.05 Å². The lowest BCUT2D eigenvalue weighted by molar-refractivity contribution is 0.601. The van der Waals surface area contributed by atoms with E-state index >= 15 is 0 Å². The van der Waals surface area contributed by atoms with Crippen LogP contribution in [0.2, 0.25) is 0 Å². The highest BCUT2D eigenvalue weighted by atomic mass is 32.2. The van der Waals surface area contributed by atoms with Gasteiger partial charge in [-0.3, -0.25) is 9.40 Å². The van der Waals surface area contributed by atoms with E-state index in [0.29, 0.717) is 5.82 Å². The fraction of sp³-hybridized carbons (Fsp3) is 0.182. The van der Waals surface area contributed by atoms with Crippen molar-refractivity contribution in [3.8, 4) is 0 Å². The molecule has 0 aliphatic heterocycles. The summed E-state index contributed by atoms with van der Waals surface area (Å²) in [5.74, 6) is 0.301. The summed E-state index contributed by atoms with van der Waals surface area (Å²) in [6.45, 7) is 0. The molecule has 0 bridgehead atoms. The highest BCUT2D eigenvalue weighted by Gasteiger charge is 2.14. The van der Waals surface area contributed by atoms with E-state index in [1.807, 2.05) is 0 Å². The maximum atomic E-state index is 12.0. The molecule has 0 fully saturated rings. The zero-order valence-corrected chi connectivity index (χ0v) is 10.9. The Morgan fingerprint density at radius 3 is 2.33 bits per heavy atom. The third-order valence-electron chi connectivity index (χ3n) is 2.41. The van der Waals surface area contributed by atoms with Crippen molar-refractivity contribution < 1.29 is 8.42 Å². The fourth-order valence-corrected chi connectivity index (χ4v) is 2.46. The second-order valence-electron chi connectivity index (χ2n) is 3.75. The fourth-order valence-electron chi connectivity index (χ4n) is 1.47. The number of nitrogens with one attached hydrogen (secondary N) is 2. The van der Waals surface area contributed by atoms with E-state index in [1.165, 1.54) is 16.8 Å². The second-order valence-corrected chi connectivity index (χ2v) is 5.44. The van der Waals surface area contributed by atoms with Gasteiger partial charge in [0.05, 0.1) is 4.90 Å². The summed E-state index contributed by atoms with van der Waals surface area (Å²) in [5, 5.41) is 6.90. The van der Waals surface area contributed by atoms with Crippen LogP contribution in [0, 0.1) is 0 Å². The molecule has 0 aliphatic rings. The summed E-state index contributed by atoms with van der Waals surface area (Å²) in [4.78, 5) is 0.201. The van der Waals surface area contributed by atoms with Crippen LogP contribution in [0.25, 0.3) is 0 Å². The standard InChI is InChI=1S/C11H14N4O2S/c1-12-9-3-5-10(6-4-9)18(16,17)14-11-7-8-15(2)13-11/h3-8,12H,1-2H3,(H,13,14). The van der Waals surface area contributed by atoms with E-state index < -0.39 is 10.0 Å². The molecule has 2 rings (SSSR count). The SMILES string of the molecule is CNc1ccc(S(=O)(=O)Nc2ccn(C)n2)cc1. The Morgan fingerprint density at radius 1 is 1.17 bits per heavy atom. The third-order valence-corrected chi connectivity index (χ3v) is 3.78. The number of benzene rings is 1. The van der Waals surface area contributed by atoms with Crippen LogP contribution in [0.1, 0.15) is 0 Å². The van der Waals surface area contributed by atoms with Crippen molar-refractivity contribution in [2.75, 3.05) is 17.1 Å². The predicted octanol–water partition coefficient (Wildman–Crippen LogP) is 1.26. The first kappa shape index (κ1) is 12.4. The van der Waals surface area contributed by atoms with Crippen LogP contribution < -0.4 is 10.0 Å². The number of anilines is 2. The Hall–Kier alpha value is -2.02. The smallest absolute Gasteiger partial charge is 0.263 e. The molecule has 0 spiro atoms. The minimum Gasteiger partial charge on any atom is -0.388 e. The van der Waals surface area contributed by atoms with Crippen molar-refractivity contribution >= 4 is 21.5 Å². The molecule has 6 nitrogen and oxygen atoms in total. The summed E-state index contributed by atoms with van der Waals surface area (Å²) in [6.07, 6.45) is 1.67. The van der Waals surface area contributed by atoms with Gasteiger partial charge in [0.1, 0.15) is 0 Å². The summed E-state index contributed by atoms with van der Waals surface area (Å²) >= 11 is 0. The quantitative estimate of drug-likeness (QED) is 0.873. The first-order valence-corrected chi connectivity index (χ1v) is 6.80. The molecular formula is C11H14N4O2S. The van der Waals surface area contributed by atoms with Crippen LogP contribution in [-0.4, -0.2) is 25.2 Å². The van der Waals surface area contributed by atoms with Gasteiger partial charge in [0.15, 0.2) is 5.82 Å². The van der Waals surface area contributed by atoms with Gasteiger partial charge in [-0.05, 0) is 24.3 Å². The maximum absolute atomic E-state index is 12.0. The lowest BCUT2D eigenvalue weighted by Gasteiger charge is -2.06. The van der Waals surface area contributed by atoms with Crippen LogP contribution in [0.4, 0.5) is 11.5 Å². The number of aryl methyl sites for hydroxylation is 1. The van der Waals surface area contributed by atoms with Crippen LogP contribution in [0.3, 0.4) is 0 Å². The van der Waals surface area contributed by atoms with E-state index in [9.17, 15) is 8.42 Å². The number of aromatic nitrogens is 2. The molecule has 2 aromatic rings. The molecule has 7 heteroatoms. The van der Waals surface area contributed by atoms with Gasteiger partial charge in [-0.2, -0.15) is 5.10 Å². The van der Waals surface area contributed by atoms with Gasteiger partial charge in [-0.15, -0.1) is 0 Å². The first-order valence-electron chi connectivity index (χ1n) is 5.31. The van der Waals surface area contributed by atoms with Gasteiger partial charge in [0.25, 0.3) is 10.0 Å². The summed E-state index contributed by atoms with van der Waals surface area (Å²) in [7, 11) is -0.0834. The number of hydrogen-bond acceptors (Lipinski definition) is 4. The van der Waals surface area contributed by atoms with Crippen molar-refractivity contribution in [1.82, 2.24) is 9.78 Å². The lowest BCUT2D eigenvalue weighted by atomic mass is 10.3. The topological polar surface area (TPSA) is 76.0 Å². The first-order chi connectivity index (χ1) is 8.51. The van der Waals surface area contributed by atoms with Gasteiger partial charge in [-0.25, -0.2) is 8.42 Å². The largest absolute Gasteiger partial charge is 0.388 e. The Bertz CT molecular complexity index is 631. The van der Waals surface area contributed by atoms with Gasteiger partial charge < -0.3 is 5.32 Å². The minimum atomic E-state index is -3.58. The minimum absolute atomic E-state index is 0.201. The van der Waals surface area contributed by atoms with E-state index in [0.717, 1.165) is 5.69 Å². The van der Waals surface area contributed by atoms with Gasteiger partial charge in [0.2, 0.25) is 0 Å². The molecule has 18 heavy (non-hydrogen) atoms. The van der Waals surface area contributed by atoms with E-state index in [-0.39, 0.29) is 4.90 Å². The van der Waals surface area contributed by atoms with E-state index in [1.54, 1.807) is 38.5 Å². The van der Waals surface area contributed by atoms with Gasteiger partial charge in [-0.1, -0.05) is 0 Å². The molecule has 0 atom stereocenters. The van der Waals surface area contributed by atoms with Crippen LogP contribution >= 0.6 is 0 Å². The summed E-state index contributed by atoms with van der Waals surface area (Å²) in [6, 6.07) is 8.08. The van der Waals surface area contributed by atoms with Gasteiger partial charge in [0, 0.05) is 32.0 Å². The van der Waals surface area contributed by atoms with E-state index in [4.69, 9.17) is 0 Å². The monoisotopic (exact) mass is 266 g/mol. The highest BCUT2D eigenvalue weighted by Crippen LogP contribution is 2.16. The molecule has 0 amide bonds. The zero-order chi connectivity index (χ0) is 13.2. The summed E-state index contributed by atoms with van der Waals surface area (Å²) < 4.78 is 28.0. The molecule has 0 aliphatic carbocycles. The molecule has 1 heterocycles. The normalized spacial score (nSPS) is 11.2.